The second-order valence-electron chi connectivity index (χ2n) is 7.80. The number of anilines is 1. The van der Waals surface area contributed by atoms with Crippen LogP contribution in [-0.2, 0) is 4.74 Å². The van der Waals surface area contributed by atoms with Crippen LogP contribution in [0.1, 0.15) is 37.4 Å². The summed E-state index contributed by atoms with van der Waals surface area (Å²) in [7, 11) is 3.97. The van der Waals surface area contributed by atoms with Crippen molar-refractivity contribution >= 4 is 11.5 Å². The summed E-state index contributed by atoms with van der Waals surface area (Å²) in [6.07, 6.45) is 3.50. The van der Waals surface area contributed by atoms with E-state index in [1.54, 1.807) is 0 Å². The Balaban J connectivity index is 1.43. The molecule has 142 valence electrons. The molecule has 2 saturated heterocycles. The highest BCUT2D eigenvalue weighted by molar-refractivity contribution is 5.45. The van der Waals surface area contributed by atoms with Crippen LogP contribution in [0.4, 0.5) is 5.82 Å². The molecule has 2 fully saturated rings. The van der Waals surface area contributed by atoms with Crippen molar-refractivity contribution in [1.29, 1.82) is 0 Å². The summed E-state index contributed by atoms with van der Waals surface area (Å²) in [5.74, 6) is 2.21. The molecule has 0 amide bonds. The van der Waals surface area contributed by atoms with Gasteiger partial charge in [-0.1, -0.05) is 0 Å². The number of hydrogen-bond donors (Lipinski definition) is 1. The van der Waals surface area contributed by atoms with Gasteiger partial charge >= 0.3 is 0 Å². The molecule has 1 N–H and O–H groups in total. The third kappa shape index (κ3) is 3.54. The Hall–Kier alpha value is -1.77. The van der Waals surface area contributed by atoms with Gasteiger partial charge in [0.05, 0.1) is 5.60 Å². The first-order chi connectivity index (χ1) is 12.5. The van der Waals surface area contributed by atoms with Gasteiger partial charge in [0.2, 0.25) is 0 Å². The van der Waals surface area contributed by atoms with E-state index in [4.69, 9.17) is 4.74 Å². The number of rotatable bonds is 4. The standard InChI is InChI=1S/C18H28N6O2/c1-22(2)16-4-3-15-19-20-17(24(15)21-16)14-5-9-23(10-6-14)13-18(25)7-11-26-12-8-18/h3-4,14,25H,5-13H2,1-2H3. The monoisotopic (exact) mass is 360 g/mol. The van der Waals surface area contributed by atoms with Crippen LogP contribution >= 0.6 is 0 Å². The molecule has 2 aromatic rings. The van der Waals surface area contributed by atoms with Crippen LogP contribution in [0.2, 0.25) is 0 Å². The Bertz CT molecular complexity index is 747. The molecule has 2 aliphatic heterocycles. The van der Waals surface area contributed by atoms with Gasteiger partial charge in [-0.25, -0.2) is 0 Å². The molecule has 8 nitrogen and oxygen atoms in total. The number of β-amino-alcohol motifs (C(OH)–C–C–N with tert-alkyl or cyclic N) is 1. The normalized spacial score (nSPS) is 22.0. The summed E-state index contributed by atoms with van der Waals surface area (Å²) in [5, 5.41) is 24.1. The van der Waals surface area contributed by atoms with E-state index in [9.17, 15) is 5.11 Å². The Morgan fingerprint density at radius 3 is 2.62 bits per heavy atom. The molecule has 0 atom stereocenters. The van der Waals surface area contributed by atoms with Gasteiger partial charge in [0.15, 0.2) is 11.5 Å². The van der Waals surface area contributed by atoms with Gasteiger partial charge in [-0.05, 0) is 38.1 Å². The number of ether oxygens (including phenoxy) is 1. The van der Waals surface area contributed by atoms with Crippen LogP contribution < -0.4 is 4.90 Å². The van der Waals surface area contributed by atoms with Crippen molar-refractivity contribution in [2.24, 2.45) is 0 Å². The van der Waals surface area contributed by atoms with Crippen molar-refractivity contribution in [3.63, 3.8) is 0 Å². The summed E-state index contributed by atoms with van der Waals surface area (Å²) in [6.45, 7) is 4.01. The van der Waals surface area contributed by atoms with Gasteiger partial charge in [0.1, 0.15) is 5.82 Å². The first kappa shape index (κ1) is 17.6. The smallest absolute Gasteiger partial charge is 0.178 e. The number of nitrogens with zero attached hydrogens (tertiary/aromatic N) is 6. The number of hydrogen-bond acceptors (Lipinski definition) is 7. The minimum absolute atomic E-state index is 0.357. The number of fused-ring (bicyclic) bond motifs is 1. The van der Waals surface area contributed by atoms with Crippen LogP contribution in [-0.4, -0.2) is 82.4 Å². The summed E-state index contributed by atoms with van der Waals surface area (Å²) in [6, 6.07) is 3.93. The lowest BCUT2D eigenvalue weighted by molar-refractivity contribution is -0.0821. The highest BCUT2D eigenvalue weighted by Crippen LogP contribution is 2.29. The van der Waals surface area contributed by atoms with Crippen molar-refractivity contribution in [3.05, 3.63) is 18.0 Å². The fourth-order valence-electron chi connectivity index (χ4n) is 3.96. The number of piperidine rings is 1. The summed E-state index contributed by atoms with van der Waals surface area (Å²) in [5.41, 5.74) is 0.207. The number of aliphatic hydroxyl groups is 1. The lowest BCUT2D eigenvalue weighted by atomic mass is 9.91. The lowest BCUT2D eigenvalue weighted by Crippen LogP contribution is -2.48. The van der Waals surface area contributed by atoms with Crippen molar-refractivity contribution in [1.82, 2.24) is 24.7 Å². The minimum atomic E-state index is -0.588. The Kier molecular flexibility index (Phi) is 4.81. The molecular formula is C18H28N6O2. The van der Waals surface area contributed by atoms with Crippen molar-refractivity contribution in [2.45, 2.75) is 37.2 Å². The van der Waals surface area contributed by atoms with E-state index in [0.717, 1.165) is 62.6 Å². The molecule has 4 rings (SSSR count). The molecule has 0 spiro atoms. The maximum atomic E-state index is 10.7. The molecule has 2 aromatic heterocycles. The van der Waals surface area contributed by atoms with Gasteiger partial charge in [0, 0.05) is 52.6 Å². The molecule has 0 radical (unpaired) electrons. The van der Waals surface area contributed by atoms with Crippen molar-refractivity contribution in [2.75, 3.05) is 51.8 Å². The Morgan fingerprint density at radius 2 is 1.92 bits per heavy atom. The molecule has 2 aliphatic rings. The zero-order chi connectivity index (χ0) is 18.1. The van der Waals surface area contributed by atoms with Gasteiger partial charge in [0.25, 0.3) is 0 Å². The third-order valence-corrected chi connectivity index (χ3v) is 5.63. The topological polar surface area (TPSA) is 79.0 Å². The first-order valence-corrected chi connectivity index (χ1v) is 9.46. The van der Waals surface area contributed by atoms with Crippen LogP contribution in [0, 0.1) is 0 Å². The van der Waals surface area contributed by atoms with E-state index in [1.165, 1.54) is 0 Å². The Morgan fingerprint density at radius 1 is 1.19 bits per heavy atom. The summed E-state index contributed by atoms with van der Waals surface area (Å²) in [4.78, 5) is 4.37. The predicted molar refractivity (Wildman–Crippen MR) is 98.5 cm³/mol. The van der Waals surface area contributed by atoms with Gasteiger partial charge < -0.3 is 19.6 Å². The van der Waals surface area contributed by atoms with Crippen molar-refractivity contribution in [3.8, 4) is 0 Å². The first-order valence-electron chi connectivity index (χ1n) is 9.46. The maximum Gasteiger partial charge on any atom is 0.178 e. The van der Waals surface area contributed by atoms with Crippen molar-refractivity contribution < 1.29 is 9.84 Å². The SMILES string of the molecule is CN(C)c1ccc2nnc(C3CCN(CC4(O)CCOCC4)CC3)n2n1. The van der Waals surface area contributed by atoms with Gasteiger partial charge in [-0.2, -0.15) is 4.52 Å². The van der Waals surface area contributed by atoms with E-state index in [1.807, 2.05) is 35.6 Å². The molecule has 4 heterocycles. The zero-order valence-electron chi connectivity index (χ0n) is 15.6. The van der Waals surface area contributed by atoms with Gasteiger partial charge in [-0.15, -0.1) is 15.3 Å². The molecule has 0 unspecified atom stereocenters. The molecule has 0 saturated carbocycles. The van der Waals surface area contributed by atoms with E-state index in [-0.39, 0.29) is 0 Å². The van der Waals surface area contributed by atoms with E-state index < -0.39 is 5.60 Å². The average molecular weight is 360 g/mol. The highest BCUT2D eigenvalue weighted by atomic mass is 16.5. The molecular weight excluding hydrogens is 332 g/mol. The molecule has 8 heteroatoms. The molecule has 26 heavy (non-hydrogen) atoms. The second-order valence-corrected chi connectivity index (χ2v) is 7.80. The van der Waals surface area contributed by atoms with Crippen LogP contribution in [0.3, 0.4) is 0 Å². The third-order valence-electron chi connectivity index (χ3n) is 5.63. The van der Waals surface area contributed by atoms with E-state index in [0.29, 0.717) is 19.1 Å². The number of likely N-dealkylation sites (tertiary alicyclic amines) is 1. The molecule has 0 bridgehead atoms. The zero-order valence-corrected chi connectivity index (χ0v) is 15.6. The number of aromatic nitrogens is 4. The quantitative estimate of drug-likeness (QED) is 0.868. The van der Waals surface area contributed by atoms with Crippen LogP contribution in [0.15, 0.2) is 12.1 Å². The van der Waals surface area contributed by atoms with E-state index in [2.05, 4.69) is 20.2 Å². The van der Waals surface area contributed by atoms with Crippen LogP contribution in [0.25, 0.3) is 5.65 Å². The van der Waals surface area contributed by atoms with Crippen LogP contribution in [0.5, 0.6) is 0 Å². The fraction of sp³-hybridized carbons (Fsp3) is 0.722. The average Bonchev–Trinajstić information content (AvgIpc) is 3.06. The molecule has 0 aromatic carbocycles. The highest BCUT2D eigenvalue weighted by Gasteiger charge is 2.34. The summed E-state index contributed by atoms with van der Waals surface area (Å²) >= 11 is 0. The maximum absolute atomic E-state index is 10.7. The van der Waals surface area contributed by atoms with E-state index >= 15 is 0 Å². The largest absolute Gasteiger partial charge is 0.388 e. The second kappa shape index (κ2) is 7.09. The van der Waals surface area contributed by atoms with Gasteiger partial charge in [-0.3, -0.25) is 0 Å². The molecule has 0 aliphatic carbocycles. The minimum Gasteiger partial charge on any atom is -0.388 e. The predicted octanol–water partition coefficient (Wildman–Crippen LogP) is 0.911. The summed E-state index contributed by atoms with van der Waals surface area (Å²) < 4.78 is 7.27. The lowest BCUT2D eigenvalue weighted by Gasteiger charge is -2.39. The Labute approximate surface area is 153 Å². The fourth-order valence-corrected chi connectivity index (χ4v) is 3.96.